The molecule has 2 fully saturated rings. The van der Waals surface area contributed by atoms with Crippen molar-refractivity contribution in [2.45, 2.75) is 31.3 Å². The van der Waals surface area contributed by atoms with Crippen LogP contribution in [0.1, 0.15) is 25.7 Å². The molecule has 0 amide bonds. The molecule has 13 heavy (non-hydrogen) atoms. The van der Waals surface area contributed by atoms with Crippen LogP contribution in [0.3, 0.4) is 0 Å². The molecule has 0 spiro atoms. The van der Waals surface area contributed by atoms with Crippen molar-refractivity contribution >= 4 is 0 Å². The van der Waals surface area contributed by atoms with Gasteiger partial charge in [0.15, 0.2) is 0 Å². The van der Waals surface area contributed by atoms with Crippen LogP contribution in [0.25, 0.3) is 0 Å². The van der Waals surface area contributed by atoms with Crippen molar-refractivity contribution in [2.24, 2.45) is 0 Å². The summed E-state index contributed by atoms with van der Waals surface area (Å²) in [5.41, 5.74) is -0.378. The molecule has 0 saturated carbocycles. The number of nitrogens with zero attached hydrogens (tertiary/aromatic N) is 1. The Morgan fingerprint density at radius 3 is 2.38 bits per heavy atom. The van der Waals surface area contributed by atoms with Gasteiger partial charge < -0.3 is 15.3 Å². The first-order chi connectivity index (χ1) is 6.29. The number of aliphatic hydroxyl groups is 1. The molecule has 0 bridgehead atoms. The molecule has 2 heterocycles. The number of hydrogen-bond donors (Lipinski definition) is 2. The van der Waals surface area contributed by atoms with E-state index in [1.54, 1.807) is 0 Å². The summed E-state index contributed by atoms with van der Waals surface area (Å²) in [6.07, 6.45) is 5.02. The lowest BCUT2D eigenvalue weighted by Gasteiger charge is -2.39. The molecule has 2 saturated heterocycles. The van der Waals surface area contributed by atoms with E-state index in [2.05, 4.69) is 10.2 Å². The molecule has 2 aliphatic heterocycles. The minimum Gasteiger partial charge on any atom is -0.387 e. The van der Waals surface area contributed by atoms with Crippen molar-refractivity contribution in [1.82, 2.24) is 10.2 Å². The fourth-order valence-electron chi connectivity index (χ4n) is 2.14. The Labute approximate surface area is 80.1 Å². The highest BCUT2D eigenvalue weighted by Crippen LogP contribution is 2.17. The van der Waals surface area contributed by atoms with Crippen LogP contribution in [0, 0.1) is 0 Å². The summed E-state index contributed by atoms with van der Waals surface area (Å²) in [6, 6.07) is 0. The van der Waals surface area contributed by atoms with E-state index in [1.807, 2.05) is 0 Å². The van der Waals surface area contributed by atoms with Crippen LogP contribution in [0.5, 0.6) is 0 Å². The number of rotatable bonds is 3. The summed E-state index contributed by atoms with van der Waals surface area (Å²) in [7, 11) is 0. The third-order valence-corrected chi connectivity index (χ3v) is 3.25. The standard InChI is InChI=1S/C10H20N2O/c13-10(8-11-9-10)4-7-12-5-2-1-3-6-12/h11,13H,1-9H2. The quantitative estimate of drug-likeness (QED) is 0.657. The van der Waals surface area contributed by atoms with Crippen LogP contribution in [-0.4, -0.2) is 48.3 Å². The lowest BCUT2D eigenvalue weighted by atomic mass is 9.92. The molecule has 0 aliphatic carbocycles. The van der Waals surface area contributed by atoms with Crippen LogP contribution < -0.4 is 5.32 Å². The molecule has 0 atom stereocenters. The topological polar surface area (TPSA) is 35.5 Å². The number of hydrogen-bond acceptors (Lipinski definition) is 3. The molecule has 0 aromatic rings. The van der Waals surface area contributed by atoms with Gasteiger partial charge in [0.05, 0.1) is 5.60 Å². The monoisotopic (exact) mass is 184 g/mol. The normalized spacial score (nSPS) is 28.4. The molecule has 76 valence electrons. The summed E-state index contributed by atoms with van der Waals surface area (Å²) < 4.78 is 0. The molecule has 0 unspecified atom stereocenters. The Kier molecular flexibility index (Phi) is 2.86. The Morgan fingerprint density at radius 1 is 1.15 bits per heavy atom. The van der Waals surface area contributed by atoms with E-state index in [-0.39, 0.29) is 5.60 Å². The zero-order valence-corrected chi connectivity index (χ0v) is 8.26. The van der Waals surface area contributed by atoms with E-state index in [4.69, 9.17) is 0 Å². The second kappa shape index (κ2) is 3.95. The largest absolute Gasteiger partial charge is 0.387 e. The molecular formula is C10H20N2O. The average molecular weight is 184 g/mol. The van der Waals surface area contributed by atoms with Gasteiger partial charge in [-0.3, -0.25) is 0 Å². The van der Waals surface area contributed by atoms with E-state index >= 15 is 0 Å². The van der Waals surface area contributed by atoms with Gasteiger partial charge in [-0.2, -0.15) is 0 Å². The fraction of sp³-hybridized carbons (Fsp3) is 1.00. The van der Waals surface area contributed by atoms with Crippen molar-refractivity contribution in [3.05, 3.63) is 0 Å². The number of β-amino-alcohol motifs (C(OH)–C–C–N with tert-alkyl or cyclic N) is 1. The van der Waals surface area contributed by atoms with Crippen molar-refractivity contribution in [1.29, 1.82) is 0 Å². The van der Waals surface area contributed by atoms with Crippen molar-refractivity contribution < 1.29 is 5.11 Å². The highest BCUT2D eigenvalue weighted by Gasteiger charge is 2.34. The van der Waals surface area contributed by atoms with Crippen molar-refractivity contribution in [3.63, 3.8) is 0 Å². The zero-order chi connectivity index (χ0) is 9.15. The first kappa shape index (κ1) is 9.44. The maximum absolute atomic E-state index is 9.85. The predicted molar refractivity (Wildman–Crippen MR) is 52.7 cm³/mol. The van der Waals surface area contributed by atoms with Crippen LogP contribution >= 0.6 is 0 Å². The molecule has 0 aromatic heterocycles. The minimum atomic E-state index is -0.378. The number of likely N-dealkylation sites (tertiary alicyclic amines) is 1. The van der Waals surface area contributed by atoms with Gasteiger partial charge in [-0.15, -0.1) is 0 Å². The summed E-state index contributed by atoms with van der Waals surface area (Å²) in [4.78, 5) is 2.49. The first-order valence-electron chi connectivity index (χ1n) is 5.44. The molecule has 0 radical (unpaired) electrons. The van der Waals surface area contributed by atoms with E-state index in [0.29, 0.717) is 0 Å². The van der Waals surface area contributed by atoms with E-state index in [9.17, 15) is 5.11 Å². The third kappa shape index (κ3) is 2.42. The predicted octanol–water partition coefficient (Wildman–Crippen LogP) is 0.197. The summed E-state index contributed by atoms with van der Waals surface area (Å²) >= 11 is 0. The van der Waals surface area contributed by atoms with Gasteiger partial charge in [0, 0.05) is 19.6 Å². The second-order valence-corrected chi connectivity index (χ2v) is 4.48. The first-order valence-corrected chi connectivity index (χ1v) is 5.44. The van der Waals surface area contributed by atoms with E-state index < -0.39 is 0 Å². The smallest absolute Gasteiger partial charge is 0.0907 e. The summed E-state index contributed by atoms with van der Waals surface area (Å²) in [6.45, 7) is 5.15. The molecule has 0 aromatic carbocycles. The Bertz CT molecular complexity index is 162. The van der Waals surface area contributed by atoms with Crippen molar-refractivity contribution in [2.75, 3.05) is 32.7 Å². The average Bonchev–Trinajstić information content (AvgIpc) is 2.13. The molecule has 2 aliphatic rings. The number of piperidine rings is 1. The van der Waals surface area contributed by atoms with Crippen LogP contribution in [0.15, 0.2) is 0 Å². The summed E-state index contributed by atoms with van der Waals surface area (Å²) in [5.74, 6) is 0. The zero-order valence-electron chi connectivity index (χ0n) is 8.26. The lowest BCUT2D eigenvalue weighted by molar-refractivity contribution is -0.0252. The summed E-state index contributed by atoms with van der Waals surface area (Å²) in [5, 5.41) is 13.0. The fourth-order valence-corrected chi connectivity index (χ4v) is 2.14. The van der Waals surface area contributed by atoms with Gasteiger partial charge in [-0.1, -0.05) is 6.42 Å². The van der Waals surface area contributed by atoms with Crippen molar-refractivity contribution in [3.8, 4) is 0 Å². The Balaban J connectivity index is 1.66. The van der Waals surface area contributed by atoms with Crippen LogP contribution in [0.2, 0.25) is 0 Å². The Morgan fingerprint density at radius 2 is 1.85 bits per heavy atom. The SMILES string of the molecule is OC1(CCN2CCCCC2)CNC1. The van der Waals surface area contributed by atoms with Gasteiger partial charge in [-0.25, -0.2) is 0 Å². The van der Waals surface area contributed by atoms with E-state index in [0.717, 1.165) is 26.1 Å². The highest BCUT2D eigenvalue weighted by molar-refractivity contribution is 4.93. The van der Waals surface area contributed by atoms with Gasteiger partial charge in [0.1, 0.15) is 0 Å². The van der Waals surface area contributed by atoms with Crippen LogP contribution in [0.4, 0.5) is 0 Å². The Hall–Kier alpha value is -0.120. The molecule has 3 nitrogen and oxygen atoms in total. The maximum Gasteiger partial charge on any atom is 0.0907 e. The lowest BCUT2D eigenvalue weighted by Crippen LogP contribution is -2.60. The van der Waals surface area contributed by atoms with Gasteiger partial charge in [0.2, 0.25) is 0 Å². The third-order valence-electron chi connectivity index (χ3n) is 3.25. The minimum absolute atomic E-state index is 0.378. The van der Waals surface area contributed by atoms with E-state index in [1.165, 1.54) is 32.4 Å². The van der Waals surface area contributed by atoms with Crippen LogP contribution in [-0.2, 0) is 0 Å². The van der Waals surface area contributed by atoms with Gasteiger partial charge >= 0.3 is 0 Å². The molecule has 2 rings (SSSR count). The number of nitrogens with one attached hydrogen (secondary N) is 1. The maximum atomic E-state index is 9.85. The van der Waals surface area contributed by atoms with Gasteiger partial charge in [0.25, 0.3) is 0 Å². The highest BCUT2D eigenvalue weighted by atomic mass is 16.3. The van der Waals surface area contributed by atoms with Gasteiger partial charge in [-0.05, 0) is 32.4 Å². The molecule has 2 N–H and O–H groups in total. The molecule has 3 heteroatoms. The second-order valence-electron chi connectivity index (χ2n) is 4.48. The molecular weight excluding hydrogens is 164 g/mol.